The van der Waals surface area contributed by atoms with Gasteiger partial charge in [0.2, 0.25) is 0 Å². The Morgan fingerprint density at radius 2 is 1.94 bits per heavy atom. The third-order valence-corrected chi connectivity index (χ3v) is 4.54. The van der Waals surface area contributed by atoms with Crippen LogP contribution in [0.15, 0.2) is 24.3 Å². The van der Waals surface area contributed by atoms with Crippen molar-refractivity contribution in [3.63, 3.8) is 0 Å². The molecule has 0 aromatic heterocycles. The third kappa shape index (κ3) is 2.02. The lowest BCUT2D eigenvalue weighted by molar-refractivity contribution is 0.218. The van der Waals surface area contributed by atoms with Crippen LogP contribution >= 0.6 is 0 Å². The lowest BCUT2D eigenvalue weighted by Crippen LogP contribution is -2.29. The van der Waals surface area contributed by atoms with Crippen molar-refractivity contribution in [2.24, 2.45) is 11.8 Å². The van der Waals surface area contributed by atoms with Gasteiger partial charge >= 0.3 is 0 Å². The summed E-state index contributed by atoms with van der Waals surface area (Å²) in [5.41, 5.74) is 1.09. The van der Waals surface area contributed by atoms with E-state index < -0.39 is 0 Å². The normalized spacial score (nSPS) is 29.4. The second-order valence-corrected chi connectivity index (χ2v) is 5.62. The first-order valence-electron chi connectivity index (χ1n) is 7.02. The molecule has 0 spiro atoms. The van der Waals surface area contributed by atoms with Crippen molar-refractivity contribution in [3.8, 4) is 5.75 Å². The van der Waals surface area contributed by atoms with Gasteiger partial charge in [-0.2, -0.15) is 0 Å². The molecule has 0 radical (unpaired) electrons. The van der Waals surface area contributed by atoms with Crippen LogP contribution in [0.25, 0.3) is 0 Å². The second kappa shape index (κ2) is 4.90. The highest BCUT2D eigenvalue weighted by Gasteiger charge is 2.38. The summed E-state index contributed by atoms with van der Waals surface area (Å²) < 4.78 is 0. The number of likely N-dealkylation sites (tertiary alicyclic amines) is 1. The van der Waals surface area contributed by atoms with Crippen LogP contribution in [0.1, 0.15) is 24.9 Å². The average Bonchev–Trinajstić information content (AvgIpc) is 2.93. The van der Waals surface area contributed by atoms with E-state index in [4.69, 9.17) is 0 Å². The molecule has 2 N–H and O–H groups in total. The summed E-state index contributed by atoms with van der Waals surface area (Å²) >= 11 is 0. The molecule has 2 heterocycles. The summed E-state index contributed by atoms with van der Waals surface area (Å²) in [4.78, 5) is 2.56. The van der Waals surface area contributed by atoms with Crippen molar-refractivity contribution in [2.45, 2.75) is 19.4 Å². The molecular formula is C15H22N2O. The van der Waals surface area contributed by atoms with Crippen LogP contribution < -0.4 is 5.32 Å². The maximum atomic E-state index is 10.0. The van der Waals surface area contributed by atoms with Gasteiger partial charge in [-0.25, -0.2) is 0 Å². The van der Waals surface area contributed by atoms with Gasteiger partial charge in [0.15, 0.2) is 0 Å². The highest BCUT2D eigenvalue weighted by atomic mass is 16.3. The lowest BCUT2D eigenvalue weighted by Gasteiger charge is -2.28. The number of rotatable bonds is 3. The zero-order chi connectivity index (χ0) is 12.5. The first kappa shape index (κ1) is 12.0. The van der Waals surface area contributed by atoms with Crippen LogP contribution in [0.5, 0.6) is 5.75 Å². The van der Waals surface area contributed by atoms with Gasteiger partial charge in [0.05, 0.1) is 0 Å². The highest BCUT2D eigenvalue weighted by molar-refractivity contribution is 5.34. The number of nitrogens with zero attached hydrogens (tertiary/aromatic N) is 1. The van der Waals surface area contributed by atoms with Crippen molar-refractivity contribution in [2.75, 3.05) is 26.2 Å². The maximum absolute atomic E-state index is 10.0. The molecule has 3 rings (SSSR count). The molecule has 2 fully saturated rings. The van der Waals surface area contributed by atoms with E-state index >= 15 is 0 Å². The lowest BCUT2D eigenvalue weighted by atomic mass is 10.0. The molecule has 0 saturated carbocycles. The van der Waals surface area contributed by atoms with Gasteiger partial charge in [-0.3, -0.25) is 4.90 Å². The fraction of sp³-hybridized carbons (Fsp3) is 0.600. The number of hydrogen-bond acceptors (Lipinski definition) is 3. The molecule has 0 bridgehead atoms. The summed E-state index contributed by atoms with van der Waals surface area (Å²) in [6.07, 6.45) is 1.06. The molecule has 3 heteroatoms. The summed E-state index contributed by atoms with van der Waals surface area (Å²) in [7, 11) is 0. The molecule has 0 aliphatic carbocycles. The van der Waals surface area contributed by atoms with E-state index in [0.717, 1.165) is 23.8 Å². The molecule has 2 saturated heterocycles. The molecule has 0 amide bonds. The predicted molar refractivity (Wildman–Crippen MR) is 72.6 cm³/mol. The number of hydrogen-bond donors (Lipinski definition) is 2. The molecular weight excluding hydrogens is 224 g/mol. The highest BCUT2D eigenvalue weighted by Crippen LogP contribution is 2.37. The number of benzene rings is 1. The molecule has 2 aliphatic rings. The van der Waals surface area contributed by atoms with Crippen molar-refractivity contribution in [1.82, 2.24) is 10.2 Å². The van der Waals surface area contributed by atoms with Gasteiger partial charge in [-0.1, -0.05) is 25.1 Å². The minimum atomic E-state index is 0.372. The van der Waals surface area contributed by atoms with Gasteiger partial charge in [-0.15, -0.1) is 0 Å². The van der Waals surface area contributed by atoms with E-state index in [9.17, 15) is 5.11 Å². The standard InChI is InChI=1S/C15H22N2O/c1-2-14(13-5-3-4-6-15(13)18)17-9-11-7-16-8-12(11)10-17/h3-6,11-12,14,16,18H,2,7-10H2,1H3/t11-,12+,14?. The Bertz CT molecular complexity index is 409. The van der Waals surface area contributed by atoms with Gasteiger partial charge in [0.1, 0.15) is 5.75 Å². The van der Waals surface area contributed by atoms with E-state index in [1.54, 1.807) is 6.07 Å². The number of aromatic hydroxyl groups is 1. The first-order chi connectivity index (χ1) is 8.79. The molecule has 3 nitrogen and oxygen atoms in total. The van der Waals surface area contributed by atoms with Gasteiger partial charge < -0.3 is 10.4 Å². The van der Waals surface area contributed by atoms with E-state index in [0.29, 0.717) is 11.8 Å². The Hall–Kier alpha value is -1.06. The molecule has 1 aromatic carbocycles. The van der Waals surface area contributed by atoms with Crippen LogP contribution in [-0.2, 0) is 0 Å². The fourth-order valence-corrected chi connectivity index (χ4v) is 3.59. The van der Waals surface area contributed by atoms with E-state index in [1.807, 2.05) is 12.1 Å². The Kier molecular flexibility index (Phi) is 3.27. The summed E-state index contributed by atoms with van der Waals surface area (Å²) in [6, 6.07) is 8.16. The largest absolute Gasteiger partial charge is 0.508 e. The van der Waals surface area contributed by atoms with Crippen LogP contribution in [0.2, 0.25) is 0 Å². The monoisotopic (exact) mass is 246 g/mol. The minimum absolute atomic E-state index is 0.372. The van der Waals surface area contributed by atoms with Crippen molar-refractivity contribution in [1.29, 1.82) is 0 Å². The Morgan fingerprint density at radius 3 is 2.56 bits per heavy atom. The van der Waals surface area contributed by atoms with Gasteiger partial charge in [0, 0.05) is 24.7 Å². The maximum Gasteiger partial charge on any atom is 0.120 e. The molecule has 18 heavy (non-hydrogen) atoms. The average molecular weight is 246 g/mol. The Labute approximate surface area is 109 Å². The number of nitrogens with one attached hydrogen (secondary N) is 1. The summed E-state index contributed by atoms with van der Waals surface area (Å²) in [5.74, 6) is 2.06. The van der Waals surface area contributed by atoms with Crippen LogP contribution in [-0.4, -0.2) is 36.2 Å². The minimum Gasteiger partial charge on any atom is -0.508 e. The smallest absolute Gasteiger partial charge is 0.120 e. The van der Waals surface area contributed by atoms with Crippen molar-refractivity contribution in [3.05, 3.63) is 29.8 Å². The van der Waals surface area contributed by atoms with E-state index in [-0.39, 0.29) is 0 Å². The van der Waals surface area contributed by atoms with Crippen molar-refractivity contribution >= 4 is 0 Å². The third-order valence-electron chi connectivity index (χ3n) is 4.54. The Balaban J connectivity index is 1.79. The number of fused-ring (bicyclic) bond motifs is 1. The fourth-order valence-electron chi connectivity index (χ4n) is 3.59. The summed E-state index contributed by atoms with van der Waals surface area (Å²) in [6.45, 7) is 6.88. The zero-order valence-corrected chi connectivity index (χ0v) is 11.0. The zero-order valence-electron chi connectivity index (χ0n) is 11.0. The molecule has 1 aromatic rings. The van der Waals surface area contributed by atoms with Gasteiger partial charge in [-0.05, 0) is 37.4 Å². The van der Waals surface area contributed by atoms with Crippen molar-refractivity contribution < 1.29 is 5.11 Å². The first-order valence-corrected chi connectivity index (χ1v) is 7.02. The Morgan fingerprint density at radius 1 is 1.28 bits per heavy atom. The summed E-state index contributed by atoms with van der Waals surface area (Å²) in [5, 5.41) is 13.5. The quantitative estimate of drug-likeness (QED) is 0.856. The number of para-hydroxylation sites is 1. The van der Waals surface area contributed by atoms with Crippen LogP contribution in [0.4, 0.5) is 0 Å². The van der Waals surface area contributed by atoms with Crippen LogP contribution in [0.3, 0.4) is 0 Å². The second-order valence-electron chi connectivity index (χ2n) is 5.62. The van der Waals surface area contributed by atoms with Crippen LogP contribution in [0, 0.1) is 11.8 Å². The predicted octanol–water partition coefficient (Wildman–Crippen LogP) is 1.99. The van der Waals surface area contributed by atoms with Gasteiger partial charge in [0.25, 0.3) is 0 Å². The molecule has 3 atom stereocenters. The number of phenolic OH excluding ortho intramolecular Hbond substituents is 1. The molecule has 1 unspecified atom stereocenters. The van der Waals surface area contributed by atoms with E-state index in [2.05, 4.69) is 23.2 Å². The van der Waals surface area contributed by atoms with E-state index in [1.165, 1.54) is 26.2 Å². The number of phenols is 1. The molecule has 2 aliphatic heterocycles. The topological polar surface area (TPSA) is 35.5 Å². The molecule has 98 valence electrons. The SMILES string of the molecule is CCC(c1ccccc1O)N1C[C@H]2CNC[C@H]2C1.